The Morgan fingerprint density at radius 2 is 2.11 bits per heavy atom. The number of nitrogens with zero attached hydrogens (tertiary/aromatic N) is 3. The average molecular weight is 428 g/mol. The van der Waals surface area contributed by atoms with Crippen LogP contribution in [0, 0.1) is 0 Å². The normalized spacial score (nSPS) is 14.8. The lowest BCUT2D eigenvalue weighted by atomic mass is 10.3. The van der Waals surface area contributed by atoms with Crippen LogP contribution in [0.2, 0.25) is 10.0 Å². The molecular weight excluding hydrogens is 409 g/mol. The molecule has 10 heteroatoms. The van der Waals surface area contributed by atoms with Crippen LogP contribution in [0.4, 0.5) is 5.69 Å². The van der Waals surface area contributed by atoms with Gasteiger partial charge < -0.3 is 15.6 Å². The summed E-state index contributed by atoms with van der Waals surface area (Å²) in [5, 5.41) is 12.0. The molecule has 3 rings (SSSR count). The third-order valence-corrected chi connectivity index (χ3v) is 6.03. The van der Waals surface area contributed by atoms with Gasteiger partial charge in [-0.1, -0.05) is 41.0 Å². The molecule has 27 heavy (non-hydrogen) atoms. The molecule has 1 aromatic heterocycles. The second-order valence-electron chi connectivity index (χ2n) is 6.33. The number of rotatable bonds is 8. The van der Waals surface area contributed by atoms with Crippen molar-refractivity contribution in [1.29, 1.82) is 0 Å². The number of benzene rings is 1. The van der Waals surface area contributed by atoms with E-state index in [-0.39, 0.29) is 18.2 Å². The van der Waals surface area contributed by atoms with Crippen molar-refractivity contribution >= 4 is 52.5 Å². The highest BCUT2D eigenvalue weighted by atomic mass is 35.5. The smallest absolute Gasteiger partial charge is 0.237 e. The van der Waals surface area contributed by atoms with E-state index in [9.17, 15) is 9.59 Å². The predicted octanol–water partition coefficient (Wildman–Crippen LogP) is 3.46. The summed E-state index contributed by atoms with van der Waals surface area (Å²) in [6.07, 6.45) is 2.31. The average Bonchev–Trinajstić information content (AvgIpc) is 3.39. The second-order valence-corrected chi connectivity index (χ2v) is 8.43. The van der Waals surface area contributed by atoms with Crippen molar-refractivity contribution < 1.29 is 9.59 Å². The Hall–Kier alpha value is -1.77. The lowest BCUT2D eigenvalue weighted by Crippen LogP contribution is -2.23. The first-order chi connectivity index (χ1) is 12.9. The van der Waals surface area contributed by atoms with E-state index in [1.165, 1.54) is 11.8 Å². The zero-order valence-electron chi connectivity index (χ0n) is 14.6. The van der Waals surface area contributed by atoms with Crippen molar-refractivity contribution in [1.82, 2.24) is 14.8 Å². The topological polar surface area (TPSA) is 103 Å². The Balaban J connectivity index is 1.71. The maximum absolute atomic E-state index is 12.5. The maximum atomic E-state index is 12.5. The fourth-order valence-electron chi connectivity index (χ4n) is 2.51. The number of thioether (sulfide) groups is 1. The standard InChI is InChI=1S/C17H19Cl2N5O2S/c1-9(16(26)21-12-4-2-3-11(18)14(12)19)27-17-23-22-15(10-5-6-10)24(17)8-7-13(20)25/h2-4,9-10H,5-8H2,1H3,(H2,20,25)(H,21,26). The van der Waals surface area contributed by atoms with Gasteiger partial charge in [-0.15, -0.1) is 10.2 Å². The van der Waals surface area contributed by atoms with Gasteiger partial charge in [0.25, 0.3) is 0 Å². The minimum absolute atomic E-state index is 0.198. The molecule has 3 N–H and O–H groups in total. The number of anilines is 1. The molecule has 1 saturated carbocycles. The molecule has 0 spiro atoms. The molecule has 0 saturated heterocycles. The van der Waals surface area contributed by atoms with Crippen LogP contribution in [0.3, 0.4) is 0 Å². The Labute approximate surface area is 171 Å². The maximum Gasteiger partial charge on any atom is 0.237 e. The van der Waals surface area contributed by atoms with E-state index in [0.29, 0.717) is 33.4 Å². The van der Waals surface area contributed by atoms with E-state index < -0.39 is 5.25 Å². The van der Waals surface area contributed by atoms with Crippen molar-refractivity contribution in [3.05, 3.63) is 34.1 Å². The molecule has 1 unspecified atom stereocenters. The van der Waals surface area contributed by atoms with Gasteiger partial charge in [-0.05, 0) is 31.9 Å². The highest BCUT2D eigenvalue weighted by Gasteiger charge is 2.31. The summed E-state index contributed by atoms with van der Waals surface area (Å²) < 4.78 is 1.89. The molecule has 1 fully saturated rings. The molecule has 1 aliphatic carbocycles. The van der Waals surface area contributed by atoms with Crippen LogP contribution in [-0.2, 0) is 16.1 Å². The van der Waals surface area contributed by atoms with Crippen LogP contribution < -0.4 is 11.1 Å². The lowest BCUT2D eigenvalue weighted by Gasteiger charge is -2.14. The van der Waals surface area contributed by atoms with Crippen molar-refractivity contribution in [3.8, 4) is 0 Å². The summed E-state index contributed by atoms with van der Waals surface area (Å²) in [4.78, 5) is 23.7. The number of hydrogen-bond donors (Lipinski definition) is 2. The number of nitrogens with two attached hydrogens (primary N) is 1. The zero-order chi connectivity index (χ0) is 19.6. The number of hydrogen-bond acceptors (Lipinski definition) is 5. The Bertz CT molecular complexity index is 869. The molecule has 1 aromatic carbocycles. The van der Waals surface area contributed by atoms with Crippen molar-refractivity contribution in [2.45, 2.75) is 49.1 Å². The third kappa shape index (κ3) is 4.94. The van der Waals surface area contributed by atoms with Gasteiger partial charge in [0.15, 0.2) is 5.16 Å². The van der Waals surface area contributed by atoms with Crippen molar-refractivity contribution in [2.75, 3.05) is 5.32 Å². The minimum Gasteiger partial charge on any atom is -0.370 e. The molecule has 1 heterocycles. The zero-order valence-corrected chi connectivity index (χ0v) is 16.9. The Morgan fingerprint density at radius 1 is 1.37 bits per heavy atom. The highest BCUT2D eigenvalue weighted by Crippen LogP contribution is 2.40. The summed E-state index contributed by atoms with van der Waals surface area (Å²) in [5.74, 6) is 0.600. The second kappa shape index (κ2) is 8.50. The van der Waals surface area contributed by atoms with Gasteiger partial charge in [0.1, 0.15) is 5.82 Å². The molecule has 144 valence electrons. The predicted molar refractivity (Wildman–Crippen MR) is 106 cm³/mol. The first-order valence-electron chi connectivity index (χ1n) is 8.49. The fourth-order valence-corrected chi connectivity index (χ4v) is 3.74. The largest absolute Gasteiger partial charge is 0.370 e. The van der Waals surface area contributed by atoms with Gasteiger partial charge in [0, 0.05) is 18.9 Å². The number of amides is 2. The molecule has 1 aliphatic rings. The van der Waals surface area contributed by atoms with Crippen LogP contribution in [0.15, 0.2) is 23.4 Å². The van der Waals surface area contributed by atoms with E-state index in [0.717, 1.165) is 18.7 Å². The summed E-state index contributed by atoms with van der Waals surface area (Å²) in [5.41, 5.74) is 5.73. The number of carbonyl (C=O) groups is 2. The van der Waals surface area contributed by atoms with Gasteiger partial charge in [-0.3, -0.25) is 9.59 Å². The summed E-state index contributed by atoms with van der Waals surface area (Å²) in [6.45, 7) is 2.17. The van der Waals surface area contributed by atoms with Crippen LogP contribution in [0.1, 0.15) is 37.9 Å². The highest BCUT2D eigenvalue weighted by molar-refractivity contribution is 8.00. The number of halogens is 2. The molecule has 2 amide bonds. The first-order valence-corrected chi connectivity index (χ1v) is 10.1. The van der Waals surface area contributed by atoms with Gasteiger partial charge in [0.05, 0.1) is 21.0 Å². The molecule has 1 atom stereocenters. The fraction of sp³-hybridized carbons (Fsp3) is 0.412. The van der Waals surface area contributed by atoms with E-state index in [1.807, 2.05) is 4.57 Å². The SMILES string of the molecule is CC(Sc1nnc(C2CC2)n1CCC(N)=O)C(=O)Nc1cccc(Cl)c1Cl. The summed E-state index contributed by atoms with van der Waals surface area (Å²) in [7, 11) is 0. The van der Waals surface area contributed by atoms with Crippen LogP contribution in [0.5, 0.6) is 0 Å². The van der Waals surface area contributed by atoms with E-state index in [2.05, 4.69) is 15.5 Å². The quantitative estimate of drug-likeness (QED) is 0.627. The van der Waals surface area contributed by atoms with Crippen LogP contribution in [0.25, 0.3) is 0 Å². The lowest BCUT2D eigenvalue weighted by molar-refractivity contribution is -0.118. The van der Waals surface area contributed by atoms with Crippen molar-refractivity contribution in [3.63, 3.8) is 0 Å². The number of carbonyl (C=O) groups excluding carboxylic acids is 2. The number of primary amides is 1. The van der Waals surface area contributed by atoms with E-state index in [4.69, 9.17) is 28.9 Å². The van der Waals surface area contributed by atoms with Gasteiger partial charge in [0.2, 0.25) is 11.8 Å². The Morgan fingerprint density at radius 3 is 2.78 bits per heavy atom. The molecule has 2 aromatic rings. The van der Waals surface area contributed by atoms with Gasteiger partial charge in [-0.25, -0.2) is 0 Å². The van der Waals surface area contributed by atoms with Crippen molar-refractivity contribution in [2.24, 2.45) is 5.73 Å². The number of nitrogens with one attached hydrogen (secondary N) is 1. The third-order valence-electron chi connectivity index (χ3n) is 4.13. The monoisotopic (exact) mass is 427 g/mol. The van der Waals surface area contributed by atoms with Gasteiger partial charge >= 0.3 is 0 Å². The summed E-state index contributed by atoms with van der Waals surface area (Å²) in [6, 6.07) is 5.05. The molecule has 0 aliphatic heterocycles. The van der Waals surface area contributed by atoms with Gasteiger partial charge in [-0.2, -0.15) is 0 Å². The first kappa shape index (κ1) is 20.0. The minimum atomic E-state index is -0.455. The molecule has 7 nitrogen and oxygen atoms in total. The van der Waals surface area contributed by atoms with Crippen LogP contribution >= 0.6 is 35.0 Å². The van der Waals surface area contributed by atoms with E-state index in [1.54, 1.807) is 25.1 Å². The molecule has 0 radical (unpaired) electrons. The van der Waals surface area contributed by atoms with E-state index >= 15 is 0 Å². The van der Waals surface area contributed by atoms with Crippen LogP contribution in [-0.4, -0.2) is 31.8 Å². The molecule has 0 bridgehead atoms. The number of aromatic nitrogens is 3. The molecular formula is C17H19Cl2N5O2S. The Kier molecular flexibility index (Phi) is 6.29. The summed E-state index contributed by atoms with van der Waals surface area (Å²) >= 11 is 13.4.